The molecule has 8 heteroatoms. The highest BCUT2D eigenvalue weighted by molar-refractivity contribution is 7.89. The van der Waals surface area contributed by atoms with Gasteiger partial charge in [-0.2, -0.15) is 0 Å². The number of pyridine rings is 1. The lowest BCUT2D eigenvalue weighted by Crippen LogP contribution is -2.17. The Bertz CT molecular complexity index is 487. The number of halogens is 3. The quantitative estimate of drug-likeness (QED) is 0.841. The van der Waals surface area contributed by atoms with Gasteiger partial charge in [-0.3, -0.25) is 0 Å². The third-order valence-electron chi connectivity index (χ3n) is 1.76. The largest absolute Gasteiger partial charge is 0.267 e. The Kier molecular flexibility index (Phi) is 3.00. The van der Waals surface area contributed by atoms with Crippen molar-refractivity contribution in [2.75, 3.05) is 0 Å². The summed E-state index contributed by atoms with van der Waals surface area (Å²) in [7, 11) is -4.22. The average Bonchev–Trinajstić information content (AvgIpc) is 2.00. The second kappa shape index (κ2) is 3.78. The van der Waals surface area contributed by atoms with E-state index in [1.807, 2.05) is 0 Å². The van der Waals surface area contributed by atoms with E-state index in [0.29, 0.717) is 6.20 Å². The van der Waals surface area contributed by atoms with Gasteiger partial charge in [-0.25, -0.2) is 31.7 Å². The standard InChI is InChI=1S/C7H7F3N2O2S/c1-3-5(6(9)10)4(8)2-12-7(3)15(11,13)14/h2,6H,1H3,(H2,11,13,14). The van der Waals surface area contributed by atoms with Crippen LogP contribution < -0.4 is 5.14 Å². The molecule has 1 aromatic heterocycles. The first-order chi connectivity index (χ1) is 6.75. The van der Waals surface area contributed by atoms with Crippen LogP contribution in [0.3, 0.4) is 0 Å². The molecule has 0 aliphatic carbocycles. The van der Waals surface area contributed by atoms with Crippen molar-refractivity contribution in [3.8, 4) is 0 Å². The lowest BCUT2D eigenvalue weighted by molar-refractivity contribution is 0.144. The Hall–Kier alpha value is -1.15. The van der Waals surface area contributed by atoms with Crippen molar-refractivity contribution >= 4 is 10.0 Å². The molecule has 0 amide bonds. The van der Waals surface area contributed by atoms with Gasteiger partial charge in [-0.1, -0.05) is 0 Å². The topological polar surface area (TPSA) is 73.1 Å². The van der Waals surface area contributed by atoms with Crippen molar-refractivity contribution in [1.29, 1.82) is 0 Å². The van der Waals surface area contributed by atoms with Crippen LogP contribution in [0, 0.1) is 12.7 Å². The lowest BCUT2D eigenvalue weighted by atomic mass is 10.1. The van der Waals surface area contributed by atoms with E-state index >= 15 is 0 Å². The highest BCUT2D eigenvalue weighted by atomic mass is 32.2. The zero-order valence-electron chi connectivity index (χ0n) is 7.54. The fraction of sp³-hybridized carbons (Fsp3) is 0.286. The van der Waals surface area contributed by atoms with Gasteiger partial charge in [0.2, 0.25) is 0 Å². The number of nitrogens with zero attached hydrogens (tertiary/aromatic N) is 1. The Morgan fingerprint density at radius 2 is 2.00 bits per heavy atom. The number of primary sulfonamides is 1. The number of hydrogen-bond acceptors (Lipinski definition) is 3. The molecule has 0 radical (unpaired) electrons. The molecule has 0 spiro atoms. The van der Waals surface area contributed by atoms with Crippen molar-refractivity contribution in [1.82, 2.24) is 4.98 Å². The SMILES string of the molecule is Cc1c(S(N)(=O)=O)ncc(F)c1C(F)F. The molecule has 1 aromatic rings. The highest BCUT2D eigenvalue weighted by Crippen LogP contribution is 2.27. The molecule has 4 nitrogen and oxygen atoms in total. The van der Waals surface area contributed by atoms with Gasteiger partial charge < -0.3 is 0 Å². The van der Waals surface area contributed by atoms with Gasteiger partial charge in [0, 0.05) is 0 Å². The van der Waals surface area contributed by atoms with Gasteiger partial charge >= 0.3 is 0 Å². The van der Waals surface area contributed by atoms with Crippen LogP contribution in [0.4, 0.5) is 13.2 Å². The van der Waals surface area contributed by atoms with Gasteiger partial charge in [0.15, 0.2) is 10.8 Å². The summed E-state index contributed by atoms with van der Waals surface area (Å²) in [6.45, 7) is 1.03. The third-order valence-corrected chi connectivity index (χ3v) is 2.72. The predicted molar refractivity (Wildman–Crippen MR) is 45.3 cm³/mol. The van der Waals surface area contributed by atoms with E-state index in [9.17, 15) is 21.6 Å². The molecule has 0 saturated carbocycles. The smallest absolute Gasteiger partial charge is 0.240 e. The van der Waals surface area contributed by atoms with Crippen molar-refractivity contribution in [2.45, 2.75) is 18.4 Å². The normalized spacial score (nSPS) is 12.1. The van der Waals surface area contributed by atoms with Crippen LogP contribution in [0.25, 0.3) is 0 Å². The van der Waals surface area contributed by atoms with Crippen LogP contribution in [0.5, 0.6) is 0 Å². The van der Waals surface area contributed by atoms with Crippen LogP contribution >= 0.6 is 0 Å². The molecule has 0 saturated heterocycles. The van der Waals surface area contributed by atoms with Crippen LogP contribution in [0.15, 0.2) is 11.2 Å². The Labute approximate surface area is 84.0 Å². The molecule has 0 bridgehead atoms. The molecule has 0 aliphatic rings. The molecule has 0 aliphatic heterocycles. The molecule has 1 heterocycles. The molecule has 0 atom stereocenters. The monoisotopic (exact) mass is 240 g/mol. The Morgan fingerprint density at radius 3 is 2.40 bits per heavy atom. The van der Waals surface area contributed by atoms with Gasteiger partial charge in [0.25, 0.3) is 16.4 Å². The molecular weight excluding hydrogens is 233 g/mol. The van der Waals surface area contributed by atoms with Gasteiger partial charge in [0.1, 0.15) is 0 Å². The average molecular weight is 240 g/mol. The molecular formula is C7H7F3N2O2S. The molecule has 1 rings (SSSR count). The van der Waals surface area contributed by atoms with Gasteiger partial charge in [-0.05, 0) is 12.5 Å². The maximum atomic E-state index is 12.9. The van der Waals surface area contributed by atoms with E-state index in [0.717, 1.165) is 6.92 Å². The predicted octanol–water partition coefficient (Wildman–Crippen LogP) is 1.11. The molecule has 2 N–H and O–H groups in total. The first-order valence-electron chi connectivity index (χ1n) is 3.71. The maximum Gasteiger partial charge on any atom is 0.267 e. The van der Waals surface area contributed by atoms with Gasteiger partial charge in [-0.15, -0.1) is 0 Å². The number of rotatable bonds is 2. The summed E-state index contributed by atoms with van der Waals surface area (Å²) >= 11 is 0. The second-order valence-electron chi connectivity index (χ2n) is 2.80. The fourth-order valence-electron chi connectivity index (χ4n) is 1.13. The molecule has 0 unspecified atom stereocenters. The van der Waals surface area contributed by atoms with Crippen LogP contribution in [-0.4, -0.2) is 13.4 Å². The number of alkyl halides is 2. The van der Waals surface area contributed by atoms with Crippen LogP contribution in [-0.2, 0) is 10.0 Å². The number of nitrogens with two attached hydrogens (primary N) is 1. The minimum Gasteiger partial charge on any atom is -0.240 e. The van der Waals surface area contributed by atoms with E-state index in [4.69, 9.17) is 5.14 Å². The summed E-state index contributed by atoms with van der Waals surface area (Å²) in [6.07, 6.45) is -2.71. The first-order valence-corrected chi connectivity index (χ1v) is 5.25. The number of aromatic nitrogens is 1. The Balaban J connectivity index is 3.56. The zero-order chi connectivity index (χ0) is 11.8. The van der Waals surface area contributed by atoms with E-state index in [1.54, 1.807) is 0 Å². The van der Waals surface area contributed by atoms with Gasteiger partial charge in [0.05, 0.1) is 11.8 Å². The summed E-state index contributed by atoms with van der Waals surface area (Å²) < 4.78 is 59.4. The third kappa shape index (κ3) is 2.26. The van der Waals surface area contributed by atoms with Crippen LogP contribution in [0.2, 0.25) is 0 Å². The summed E-state index contributed by atoms with van der Waals surface area (Å²) in [5.74, 6) is -1.25. The van der Waals surface area contributed by atoms with E-state index < -0.39 is 38.4 Å². The second-order valence-corrected chi connectivity index (χ2v) is 4.27. The minimum atomic E-state index is -4.22. The number of sulfonamides is 1. The Morgan fingerprint density at radius 1 is 1.47 bits per heavy atom. The summed E-state index contributed by atoms with van der Waals surface area (Å²) in [5.41, 5.74) is -1.46. The van der Waals surface area contributed by atoms with E-state index in [2.05, 4.69) is 4.98 Å². The van der Waals surface area contributed by atoms with Crippen molar-refractivity contribution in [3.63, 3.8) is 0 Å². The number of hydrogen-bond donors (Lipinski definition) is 1. The maximum absolute atomic E-state index is 12.9. The molecule has 0 fully saturated rings. The van der Waals surface area contributed by atoms with E-state index in [-0.39, 0.29) is 0 Å². The minimum absolute atomic E-state index is 0.411. The summed E-state index contributed by atoms with van der Waals surface area (Å²) in [4.78, 5) is 3.17. The summed E-state index contributed by atoms with van der Waals surface area (Å²) in [6, 6.07) is 0. The first kappa shape index (κ1) is 11.9. The van der Waals surface area contributed by atoms with Crippen molar-refractivity contribution in [3.05, 3.63) is 23.1 Å². The van der Waals surface area contributed by atoms with Crippen molar-refractivity contribution < 1.29 is 21.6 Å². The fourth-order valence-corrected chi connectivity index (χ4v) is 1.87. The summed E-state index contributed by atoms with van der Waals surface area (Å²) in [5, 5.41) is 3.98. The molecule has 0 aromatic carbocycles. The van der Waals surface area contributed by atoms with Crippen LogP contribution in [0.1, 0.15) is 17.6 Å². The lowest BCUT2D eigenvalue weighted by Gasteiger charge is -2.08. The zero-order valence-corrected chi connectivity index (χ0v) is 8.35. The molecule has 84 valence electrons. The highest BCUT2D eigenvalue weighted by Gasteiger charge is 2.24. The molecule has 15 heavy (non-hydrogen) atoms. The van der Waals surface area contributed by atoms with Crippen molar-refractivity contribution in [2.24, 2.45) is 5.14 Å². The van der Waals surface area contributed by atoms with E-state index in [1.165, 1.54) is 0 Å².